The number of Topliss-reactive ketones (excluding diaryl/α,β-unsaturated/α-hetero) is 1. The normalized spacial score (nSPS) is 11.4. The maximum Gasteiger partial charge on any atom is 0.331 e. The molecule has 0 saturated heterocycles. The number of nitriles is 1. The Bertz CT molecular complexity index is 927. The molecule has 2 aromatic carbocycles. The number of methoxy groups -OCH3 is 2. The Kier molecular flexibility index (Phi) is 7.80. The van der Waals surface area contributed by atoms with Crippen molar-refractivity contribution in [2.24, 2.45) is 0 Å². The Morgan fingerprint density at radius 2 is 1.79 bits per heavy atom. The summed E-state index contributed by atoms with van der Waals surface area (Å²) in [5, 5.41) is 8.59. The summed E-state index contributed by atoms with van der Waals surface area (Å²) < 4.78 is 20.7. The summed E-state index contributed by atoms with van der Waals surface area (Å²) >= 11 is 0. The number of carbonyl (C=O) groups excluding carboxylic acids is 2. The van der Waals surface area contributed by atoms with Gasteiger partial charge in [0, 0.05) is 11.6 Å². The molecule has 0 amide bonds. The number of carbonyl (C=O) groups is 2. The van der Waals surface area contributed by atoms with E-state index in [0.717, 1.165) is 0 Å². The average Bonchev–Trinajstić information content (AvgIpc) is 2.75. The number of ketones is 1. The van der Waals surface area contributed by atoms with Crippen molar-refractivity contribution in [1.29, 1.82) is 5.26 Å². The second-order valence-electron chi connectivity index (χ2n) is 5.86. The summed E-state index contributed by atoms with van der Waals surface area (Å²) in [6, 6.07) is 13.4. The molecule has 0 fully saturated rings. The summed E-state index contributed by atoms with van der Waals surface area (Å²) in [6.07, 6.45) is 1.82. The summed E-state index contributed by atoms with van der Waals surface area (Å²) in [5.41, 5.74) is 1.09. The van der Waals surface area contributed by atoms with Crippen LogP contribution >= 0.6 is 0 Å². The number of rotatable bonds is 9. The van der Waals surface area contributed by atoms with Crippen LogP contribution in [0.2, 0.25) is 0 Å². The molecule has 0 aliphatic heterocycles. The van der Waals surface area contributed by atoms with E-state index < -0.39 is 12.1 Å². The number of esters is 1. The van der Waals surface area contributed by atoms with Gasteiger partial charge in [-0.15, -0.1) is 0 Å². The van der Waals surface area contributed by atoms with Crippen LogP contribution in [0.5, 0.6) is 17.2 Å². The minimum absolute atomic E-state index is 0.0992. The number of hydrogen-bond donors (Lipinski definition) is 0. The fourth-order valence-electron chi connectivity index (χ4n) is 2.44. The van der Waals surface area contributed by atoms with Crippen molar-refractivity contribution in [3.05, 3.63) is 59.7 Å². The topological polar surface area (TPSA) is 94.9 Å². The van der Waals surface area contributed by atoms with Crippen LogP contribution in [-0.2, 0) is 9.53 Å². The Balaban J connectivity index is 1.99. The van der Waals surface area contributed by atoms with Gasteiger partial charge in [-0.3, -0.25) is 4.79 Å². The van der Waals surface area contributed by atoms with Crippen LogP contribution < -0.4 is 14.2 Å². The molecule has 0 bridgehead atoms. The highest BCUT2D eigenvalue weighted by molar-refractivity contribution is 6.01. The van der Waals surface area contributed by atoms with Gasteiger partial charge in [-0.25, -0.2) is 4.79 Å². The second-order valence-corrected chi connectivity index (χ2v) is 5.86. The zero-order valence-electron chi connectivity index (χ0n) is 16.4. The molecule has 29 heavy (non-hydrogen) atoms. The first kappa shape index (κ1) is 21.5. The fraction of sp³-hybridized carbons (Fsp3) is 0.227. The van der Waals surface area contributed by atoms with Gasteiger partial charge in [-0.05, 0) is 55.0 Å². The summed E-state index contributed by atoms with van der Waals surface area (Å²) in [6.45, 7) is 1.42. The van der Waals surface area contributed by atoms with Gasteiger partial charge in [0.25, 0.3) is 0 Å². The third-order valence-corrected chi connectivity index (χ3v) is 3.93. The lowest BCUT2D eigenvalue weighted by Crippen LogP contribution is -2.23. The Morgan fingerprint density at radius 3 is 2.41 bits per heavy atom. The highest BCUT2D eigenvalue weighted by Crippen LogP contribution is 2.28. The molecule has 1 atom stereocenters. The second kappa shape index (κ2) is 10.5. The van der Waals surface area contributed by atoms with Gasteiger partial charge in [0.1, 0.15) is 11.8 Å². The average molecular weight is 395 g/mol. The first-order valence-corrected chi connectivity index (χ1v) is 8.73. The summed E-state index contributed by atoms with van der Waals surface area (Å²) in [4.78, 5) is 24.4. The van der Waals surface area contributed by atoms with E-state index in [0.29, 0.717) is 28.4 Å². The lowest BCUT2D eigenvalue weighted by atomic mass is 10.1. The minimum atomic E-state index is -0.933. The predicted molar refractivity (Wildman–Crippen MR) is 106 cm³/mol. The fourth-order valence-corrected chi connectivity index (χ4v) is 2.44. The largest absolute Gasteiger partial charge is 0.497 e. The van der Waals surface area contributed by atoms with E-state index in [1.165, 1.54) is 33.3 Å². The van der Waals surface area contributed by atoms with E-state index in [4.69, 9.17) is 24.2 Å². The van der Waals surface area contributed by atoms with E-state index in [9.17, 15) is 9.59 Å². The molecule has 0 N–H and O–H groups in total. The molecule has 0 aromatic heterocycles. The molecule has 0 saturated carbocycles. The third-order valence-electron chi connectivity index (χ3n) is 3.93. The number of hydrogen-bond acceptors (Lipinski definition) is 7. The molecule has 7 heteroatoms. The van der Waals surface area contributed by atoms with Crippen LogP contribution in [-0.4, -0.2) is 38.7 Å². The molecule has 0 spiro atoms. The Labute approximate surface area is 169 Å². The van der Waals surface area contributed by atoms with Crippen LogP contribution in [0.25, 0.3) is 6.08 Å². The van der Waals surface area contributed by atoms with E-state index in [2.05, 4.69) is 0 Å². The lowest BCUT2D eigenvalue weighted by molar-refractivity contribution is -0.140. The first-order valence-electron chi connectivity index (χ1n) is 8.73. The van der Waals surface area contributed by atoms with Gasteiger partial charge in [0.2, 0.25) is 5.78 Å². The van der Waals surface area contributed by atoms with Gasteiger partial charge in [-0.1, -0.05) is 6.07 Å². The van der Waals surface area contributed by atoms with Crippen molar-refractivity contribution in [2.45, 2.75) is 13.0 Å². The van der Waals surface area contributed by atoms with E-state index in [1.807, 2.05) is 6.07 Å². The van der Waals surface area contributed by atoms with Crippen LogP contribution in [0, 0.1) is 11.3 Å². The maximum absolute atomic E-state index is 12.4. The molecular formula is C22H21NO6. The molecule has 2 rings (SSSR count). The molecule has 150 valence electrons. The van der Waals surface area contributed by atoms with Gasteiger partial charge in [0.15, 0.2) is 24.2 Å². The van der Waals surface area contributed by atoms with Crippen molar-refractivity contribution in [3.8, 4) is 23.3 Å². The van der Waals surface area contributed by atoms with Crippen LogP contribution in [0.15, 0.2) is 48.5 Å². The molecular weight excluding hydrogens is 374 g/mol. The lowest BCUT2D eigenvalue weighted by Gasteiger charge is -2.11. The monoisotopic (exact) mass is 395 g/mol. The van der Waals surface area contributed by atoms with Gasteiger partial charge in [0.05, 0.1) is 14.2 Å². The minimum Gasteiger partial charge on any atom is -0.497 e. The van der Waals surface area contributed by atoms with E-state index in [1.54, 1.807) is 42.5 Å². The zero-order valence-corrected chi connectivity index (χ0v) is 16.4. The Hall–Kier alpha value is -3.79. The molecule has 0 heterocycles. The van der Waals surface area contributed by atoms with Crippen LogP contribution in [0.3, 0.4) is 0 Å². The van der Waals surface area contributed by atoms with Gasteiger partial charge >= 0.3 is 5.97 Å². The molecule has 0 radical (unpaired) electrons. The quantitative estimate of drug-likeness (QED) is 0.365. The highest BCUT2D eigenvalue weighted by Gasteiger charge is 2.18. The van der Waals surface area contributed by atoms with E-state index >= 15 is 0 Å². The van der Waals surface area contributed by atoms with Gasteiger partial charge < -0.3 is 18.9 Å². The van der Waals surface area contributed by atoms with Gasteiger partial charge in [-0.2, -0.15) is 5.26 Å². The number of ether oxygens (including phenoxy) is 4. The third kappa shape index (κ3) is 6.11. The Morgan fingerprint density at radius 1 is 1.07 bits per heavy atom. The molecule has 0 unspecified atom stereocenters. The smallest absolute Gasteiger partial charge is 0.331 e. The molecule has 2 aromatic rings. The number of benzene rings is 2. The van der Waals surface area contributed by atoms with Crippen molar-refractivity contribution in [1.82, 2.24) is 0 Å². The molecule has 7 nitrogen and oxygen atoms in total. The molecule has 0 aliphatic rings. The zero-order chi connectivity index (χ0) is 21.2. The van der Waals surface area contributed by atoms with Crippen LogP contribution in [0.1, 0.15) is 22.8 Å². The molecule has 0 aliphatic carbocycles. The predicted octanol–water partition coefficient (Wildman–Crippen LogP) is 3.43. The highest BCUT2D eigenvalue weighted by atomic mass is 16.5. The number of nitrogens with zero attached hydrogens (tertiary/aromatic N) is 1. The first-order chi connectivity index (χ1) is 14.0. The van der Waals surface area contributed by atoms with Crippen molar-refractivity contribution in [3.63, 3.8) is 0 Å². The van der Waals surface area contributed by atoms with Crippen molar-refractivity contribution < 1.29 is 28.5 Å². The van der Waals surface area contributed by atoms with E-state index in [-0.39, 0.29) is 12.4 Å². The standard InChI is InChI=1S/C22H21NO6/c1-15(22(25)17-6-8-18(26-2)9-7-17)29-21(24)11-5-16-4-10-19(28-13-12-23)20(14-16)27-3/h4-11,14-15H,13H2,1-3H3/b11-5+/t15-/m0/s1. The van der Waals surface area contributed by atoms with Crippen LogP contribution in [0.4, 0.5) is 0 Å². The summed E-state index contributed by atoms with van der Waals surface area (Å²) in [7, 11) is 3.01. The maximum atomic E-state index is 12.4. The van der Waals surface area contributed by atoms with Crippen molar-refractivity contribution in [2.75, 3.05) is 20.8 Å². The SMILES string of the molecule is COc1ccc(C(=O)[C@H](C)OC(=O)/C=C/c2ccc(OCC#N)c(OC)c2)cc1. The van der Waals surface area contributed by atoms with Crippen molar-refractivity contribution >= 4 is 17.8 Å². The summed E-state index contributed by atoms with van der Waals surface area (Å²) in [5.74, 6) is 0.526.